The molecule has 1 amide bonds. The summed E-state index contributed by atoms with van der Waals surface area (Å²) in [5.41, 5.74) is 2.13. The summed E-state index contributed by atoms with van der Waals surface area (Å²) in [5, 5.41) is 5.24. The van der Waals surface area contributed by atoms with Crippen molar-refractivity contribution in [3.05, 3.63) is 52.3 Å². The Morgan fingerprint density at radius 3 is 2.88 bits per heavy atom. The minimum absolute atomic E-state index is 0.0234. The molecule has 0 radical (unpaired) electrons. The number of rotatable bonds is 5. The Labute approximate surface area is 158 Å². The molecule has 1 aliphatic rings. The molecule has 7 heteroatoms. The average molecular weight is 383 g/mol. The van der Waals surface area contributed by atoms with Gasteiger partial charge in [0, 0.05) is 11.6 Å². The number of thiazole rings is 1. The molecule has 1 fully saturated rings. The number of hydrogen-bond donors (Lipinski definition) is 1. The molecule has 1 aromatic carbocycles. The molecule has 5 nitrogen and oxygen atoms in total. The molecule has 0 bridgehead atoms. The van der Waals surface area contributed by atoms with Gasteiger partial charge in [-0.3, -0.25) is 9.20 Å². The molecule has 1 unspecified atom stereocenters. The van der Waals surface area contributed by atoms with E-state index in [-0.39, 0.29) is 11.9 Å². The maximum atomic E-state index is 12.9. The lowest BCUT2D eigenvalue weighted by atomic mass is 10.0. The lowest BCUT2D eigenvalue weighted by Gasteiger charge is -2.18. The number of thiophene rings is 1. The first-order valence-electron chi connectivity index (χ1n) is 8.53. The standard InChI is InChI=1S/C19H17N3O2S2/c1-24-13-6-4-12(5-7-13)16(11-2-3-11)20-17(23)15-10-14-18(26-15)21-19-22(14)8-9-25-19/h4-11,16H,2-3H2,1H3,(H,20,23). The van der Waals surface area contributed by atoms with Crippen LogP contribution in [0.15, 0.2) is 41.9 Å². The van der Waals surface area contributed by atoms with E-state index in [1.54, 1.807) is 18.4 Å². The number of nitrogens with zero attached hydrogens (tertiary/aromatic N) is 2. The first kappa shape index (κ1) is 15.8. The van der Waals surface area contributed by atoms with Crippen molar-refractivity contribution in [1.82, 2.24) is 14.7 Å². The van der Waals surface area contributed by atoms with Crippen molar-refractivity contribution in [3.8, 4) is 5.75 Å². The van der Waals surface area contributed by atoms with E-state index >= 15 is 0 Å². The van der Waals surface area contributed by atoms with Gasteiger partial charge in [0.2, 0.25) is 0 Å². The number of carbonyl (C=O) groups excluding carboxylic acids is 1. The Morgan fingerprint density at radius 1 is 1.35 bits per heavy atom. The van der Waals surface area contributed by atoms with Gasteiger partial charge in [0.1, 0.15) is 10.6 Å². The van der Waals surface area contributed by atoms with Gasteiger partial charge in [-0.05, 0) is 42.5 Å². The predicted octanol–water partition coefficient (Wildman–Crippen LogP) is 4.50. The van der Waals surface area contributed by atoms with Crippen LogP contribution in [0, 0.1) is 5.92 Å². The molecular formula is C19H17N3O2S2. The summed E-state index contributed by atoms with van der Waals surface area (Å²) in [7, 11) is 1.66. The summed E-state index contributed by atoms with van der Waals surface area (Å²) in [5.74, 6) is 1.32. The highest BCUT2D eigenvalue weighted by molar-refractivity contribution is 7.21. The third kappa shape index (κ3) is 2.68. The summed E-state index contributed by atoms with van der Waals surface area (Å²) in [6.07, 6.45) is 4.30. The van der Waals surface area contributed by atoms with Crippen LogP contribution in [0.3, 0.4) is 0 Å². The van der Waals surface area contributed by atoms with Crippen molar-refractivity contribution in [2.45, 2.75) is 18.9 Å². The molecule has 3 heterocycles. The third-order valence-corrected chi connectivity index (χ3v) is 6.59. The fourth-order valence-corrected chi connectivity index (χ4v) is 4.99. The van der Waals surface area contributed by atoms with E-state index in [1.807, 2.05) is 46.3 Å². The zero-order chi connectivity index (χ0) is 17.7. The first-order valence-corrected chi connectivity index (χ1v) is 10.2. The molecule has 1 saturated carbocycles. The van der Waals surface area contributed by atoms with Gasteiger partial charge in [0.15, 0.2) is 4.96 Å². The van der Waals surface area contributed by atoms with Gasteiger partial charge in [0.25, 0.3) is 5.91 Å². The van der Waals surface area contributed by atoms with E-state index < -0.39 is 0 Å². The Kier molecular flexibility index (Phi) is 3.72. The summed E-state index contributed by atoms with van der Waals surface area (Å²) >= 11 is 3.06. The summed E-state index contributed by atoms with van der Waals surface area (Å²) in [6, 6.07) is 9.97. The second-order valence-electron chi connectivity index (χ2n) is 6.53. The Balaban J connectivity index is 1.42. The van der Waals surface area contributed by atoms with Gasteiger partial charge in [0.05, 0.1) is 23.5 Å². The molecule has 0 saturated heterocycles. The van der Waals surface area contributed by atoms with Crippen LogP contribution in [0.1, 0.15) is 34.1 Å². The molecule has 132 valence electrons. The van der Waals surface area contributed by atoms with E-state index in [1.165, 1.54) is 11.3 Å². The quantitative estimate of drug-likeness (QED) is 0.552. The van der Waals surface area contributed by atoms with E-state index in [2.05, 4.69) is 10.3 Å². The van der Waals surface area contributed by atoms with E-state index in [9.17, 15) is 4.79 Å². The van der Waals surface area contributed by atoms with Crippen LogP contribution >= 0.6 is 22.7 Å². The zero-order valence-electron chi connectivity index (χ0n) is 14.1. The molecule has 1 N–H and O–H groups in total. The number of benzene rings is 1. The molecule has 5 rings (SSSR count). The van der Waals surface area contributed by atoms with Crippen molar-refractivity contribution in [2.24, 2.45) is 5.92 Å². The number of carbonyl (C=O) groups is 1. The second-order valence-corrected chi connectivity index (χ2v) is 8.43. The van der Waals surface area contributed by atoms with Crippen molar-refractivity contribution < 1.29 is 9.53 Å². The van der Waals surface area contributed by atoms with Crippen LogP contribution in [-0.2, 0) is 0 Å². The fraction of sp³-hybridized carbons (Fsp3) is 0.263. The lowest BCUT2D eigenvalue weighted by Crippen LogP contribution is -2.29. The van der Waals surface area contributed by atoms with Crippen LogP contribution in [0.2, 0.25) is 0 Å². The van der Waals surface area contributed by atoms with Crippen molar-refractivity contribution in [1.29, 1.82) is 0 Å². The summed E-state index contributed by atoms with van der Waals surface area (Å²) in [6.45, 7) is 0. The van der Waals surface area contributed by atoms with Crippen molar-refractivity contribution >= 4 is 43.9 Å². The van der Waals surface area contributed by atoms with Gasteiger partial charge in [-0.25, -0.2) is 4.98 Å². The number of amides is 1. The van der Waals surface area contributed by atoms with Gasteiger partial charge < -0.3 is 10.1 Å². The van der Waals surface area contributed by atoms with Crippen LogP contribution in [0.4, 0.5) is 0 Å². The minimum Gasteiger partial charge on any atom is -0.497 e. The van der Waals surface area contributed by atoms with Gasteiger partial charge >= 0.3 is 0 Å². The molecule has 4 aromatic rings. The number of nitrogens with one attached hydrogen (secondary N) is 1. The van der Waals surface area contributed by atoms with Gasteiger partial charge in [-0.1, -0.05) is 12.1 Å². The van der Waals surface area contributed by atoms with E-state index in [4.69, 9.17) is 4.74 Å². The monoisotopic (exact) mass is 383 g/mol. The smallest absolute Gasteiger partial charge is 0.261 e. The van der Waals surface area contributed by atoms with Crippen LogP contribution in [0.25, 0.3) is 15.3 Å². The van der Waals surface area contributed by atoms with Gasteiger partial charge in [-0.15, -0.1) is 22.7 Å². The van der Waals surface area contributed by atoms with E-state index in [0.29, 0.717) is 10.8 Å². The fourth-order valence-electron chi connectivity index (χ4n) is 3.29. The molecule has 3 aromatic heterocycles. The summed E-state index contributed by atoms with van der Waals surface area (Å²) in [4.78, 5) is 20.0. The highest BCUT2D eigenvalue weighted by Gasteiger charge is 2.34. The number of imidazole rings is 1. The van der Waals surface area contributed by atoms with Crippen LogP contribution in [0.5, 0.6) is 5.75 Å². The number of methoxy groups -OCH3 is 1. The molecule has 1 atom stereocenters. The highest BCUT2D eigenvalue weighted by Crippen LogP contribution is 2.41. The molecular weight excluding hydrogens is 366 g/mol. The van der Waals surface area contributed by atoms with Crippen molar-refractivity contribution in [2.75, 3.05) is 7.11 Å². The highest BCUT2D eigenvalue weighted by atomic mass is 32.1. The minimum atomic E-state index is -0.0234. The zero-order valence-corrected chi connectivity index (χ0v) is 15.8. The largest absolute Gasteiger partial charge is 0.497 e. The summed E-state index contributed by atoms with van der Waals surface area (Å²) < 4.78 is 7.27. The second kappa shape index (κ2) is 6.10. The normalized spacial score (nSPS) is 15.4. The average Bonchev–Trinajstić information content (AvgIpc) is 3.11. The molecule has 26 heavy (non-hydrogen) atoms. The lowest BCUT2D eigenvalue weighted by molar-refractivity contribution is 0.0936. The number of fused-ring (bicyclic) bond motifs is 3. The molecule has 0 aliphatic heterocycles. The first-order chi connectivity index (χ1) is 12.7. The maximum Gasteiger partial charge on any atom is 0.261 e. The molecule has 1 aliphatic carbocycles. The van der Waals surface area contributed by atoms with Crippen LogP contribution < -0.4 is 10.1 Å². The van der Waals surface area contributed by atoms with Crippen molar-refractivity contribution in [3.63, 3.8) is 0 Å². The topological polar surface area (TPSA) is 55.6 Å². The third-order valence-electron chi connectivity index (χ3n) is 4.82. The maximum absolute atomic E-state index is 12.9. The predicted molar refractivity (Wildman–Crippen MR) is 104 cm³/mol. The molecule has 0 spiro atoms. The Bertz CT molecular complexity index is 1090. The van der Waals surface area contributed by atoms with Crippen LogP contribution in [-0.4, -0.2) is 22.4 Å². The van der Waals surface area contributed by atoms with Gasteiger partial charge in [-0.2, -0.15) is 0 Å². The number of aromatic nitrogens is 2. The Hall–Kier alpha value is -2.38. The number of ether oxygens (including phenoxy) is 1. The Morgan fingerprint density at radius 2 is 2.15 bits per heavy atom. The SMILES string of the molecule is COc1ccc(C(NC(=O)c2cc3c(nc4sccn43)s2)C2CC2)cc1. The van der Waals surface area contributed by atoms with E-state index in [0.717, 1.165) is 39.5 Å². The number of hydrogen-bond acceptors (Lipinski definition) is 5.